The van der Waals surface area contributed by atoms with Gasteiger partial charge in [0.15, 0.2) is 0 Å². The number of rotatable bonds is 10. The Bertz CT molecular complexity index is 582. The molecule has 144 valence electrons. The third-order valence-corrected chi connectivity index (χ3v) is 5.03. The van der Waals surface area contributed by atoms with Crippen LogP contribution in [0.5, 0.6) is 0 Å². The highest BCUT2D eigenvalue weighted by atomic mass is 19.1. The summed E-state index contributed by atoms with van der Waals surface area (Å²) in [5.74, 6) is -1.07. The van der Waals surface area contributed by atoms with E-state index in [-0.39, 0.29) is 18.1 Å². The zero-order valence-electron chi connectivity index (χ0n) is 15.1. The van der Waals surface area contributed by atoms with Crippen LogP contribution in [0, 0.1) is 5.82 Å². The number of carbonyl (C=O) groups excluding carboxylic acids is 1. The molecule has 0 aromatic heterocycles. The molecule has 0 spiro atoms. The summed E-state index contributed by atoms with van der Waals surface area (Å²) < 4.78 is 18.7. The van der Waals surface area contributed by atoms with E-state index >= 15 is 0 Å². The Labute approximate surface area is 153 Å². The second-order valence-electron chi connectivity index (χ2n) is 6.87. The van der Waals surface area contributed by atoms with E-state index in [4.69, 9.17) is 9.84 Å². The number of hydrogen-bond acceptors (Lipinski definition) is 3. The van der Waals surface area contributed by atoms with Gasteiger partial charge in [0.05, 0.1) is 5.41 Å². The van der Waals surface area contributed by atoms with Crippen molar-refractivity contribution in [3.05, 3.63) is 35.6 Å². The molecule has 1 amide bonds. The Morgan fingerprint density at radius 1 is 1.04 bits per heavy atom. The molecule has 1 aliphatic rings. The number of benzene rings is 1. The highest BCUT2D eigenvalue weighted by molar-refractivity contribution is 5.88. The fourth-order valence-corrected chi connectivity index (χ4v) is 3.44. The summed E-state index contributed by atoms with van der Waals surface area (Å²) in [6.07, 6.45) is 5.83. The highest BCUT2D eigenvalue weighted by Gasteiger charge is 2.41. The molecular weight excluding hydrogens is 337 g/mol. The molecule has 0 unspecified atom stereocenters. The fraction of sp³-hybridized carbons (Fsp3) is 0.600. The number of unbranched alkanes of at least 4 members (excludes halogenated alkanes) is 4. The normalized spacial score (nSPS) is 16.2. The van der Waals surface area contributed by atoms with Crippen molar-refractivity contribution in [2.24, 2.45) is 0 Å². The van der Waals surface area contributed by atoms with Crippen LogP contribution in [0.2, 0.25) is 0 Å². The molecule has 1 heterocycles. The van der Waals surface area contributed by atoms with Crippen LogP contribution in [0.15, 0.2) is 24.3 Å². The van der Waals surface area contributed by atoms with Gasteiger partial charge in [0.1, 0.15) is 5.82 Å². The van der Waals surface area contributed by atoms with Crippen LogP contribution in [-0.4, -0.2) is 36.7 Å². The van der Waals surface area contributed by atoms with E-state index in [1.807, 2.05) is 0 Å². The Morgan fingerprint density at radius 2 is 1.65 bits per heavy atom. The van der Waals surface area contributed by atoms with E-state index in [0.29, 0.717) is 39.0 Å². The monoisotopic (exact) mass is 365 g/mol. The number of hydrogen-bond donors (Lipinski definition) is 2. The molecule has 0 radical (unpaired) electrons. The van der Waals surface area contributed by atoms with Gasteiger partial charge < -0.3 is 15.2 Å². The summed E-state index contributed by atoms with van der Waals surface area (Å²) in [5.41, 5.74) is 0.196. The number of nitrogens with one attached hydrogen (secondary N) is 1. The zero-order chi connectivity index (χ0) is 18.8. The molecular formula is C20H28FNO4. The molecule has 1 aromatic rings. The molecule has 5 nitrogen and oxygen atoms in total. The second-order valence-corrected chi connectivity index (χ2v) is 6.87. The van der Waals surface area contributed by atoms with Gasteiger partial charge in [-0.1, -0.05) is 31.4 Å². The Kier molecular flexibility index (Phi) is 8.04. The first-order chi connectivity index (χ1) is 12.5. The molecule has 0 atom stereocenters. The largest absolute Gasteiger partial charge is 0.481 e. The standard InChI is InChI=1S/C20H28FNO4/c21-17-9-7-16(8-10-17)20(11-14-26-15-12-20)19(25)22-13-5-3-1-2-4-6-18(23)24/h7-10H,1-6,11-15H2,(H,22,25)(H,23,24). The Balaban J connectivity index is 1.80. The van der Waals surface area contributed by atoms with Gasteiger partial charge in [0, 0.05) is 26.2 Å². The lowest BCUT2D eigenvalue weighted by atomic mass is 9.73. The molecule has 2 rings (SSSR count). The lowest BCUT2D eigenvalue weighted by Crippen LogP contribution is -2.48. The minimum Gasteiger partial charge on any atom is -0.481 e. The first-order valence-corrected chi connectivity index (χ1v) is 9.38. The average molecular weight is 365 g/mol. The van der Waals surface area contributed by atoms with Crippen molar-refractivity contribution < 1.29 is 23.8 Å². The van der Waals surface area contributed by atoms with Crippen LogP contribution in [0.3, 0.4) is 0 Å². The third-order valence-electron chi connectivity index (χ3n) is 5.03. The Morgan fingerprint density at radius 3 is 2.31 bits per heavy atom. The van der Waals surface area contributed by atoms with E-state index in [1.165, 1.54) is 12.1 Å². The van der Waals surface area contributed by atoms with Gasteiger partial charge in [-0.15, -0.1) is 0 Å². The number of carboxylic acids is 1. The Hall–Kier alpha value is -1.95. The van der Waals surface area contributed by atoms with E-state index in [9.17, 15) is 14.0 Å². The topological polar surface area (TPSA) is 75.6 Å². The summed E-state index contributed by atoms with van der Waals surface area (Å²) in [5, 5.41) is 11.6. The van der Waals surface area contributed by atoms with Crippen LogP contribution >= 0.6 is 0 Å². The average Bonchev–Trinajstić information content (AvgIpc) is 2.64. The van der Waals surface area contributed by atoms with Crippen molar-refractivity contribution in [1.82, 2.24) is 5.32 Å². The lowest BCUT2D eigenvalue weighted by molar-refractivity contribution is -0.137. The highest BCUT2D eigenvalue weighted by Crippen LogP contribution is 2.35. The van der Waals surface area contributed by atoms with E-state index in [1.54, 1.807) is 12.1 Å². The van der Waals surface area contributed by atoms with Crippen molar-refractivity contribution in [3.8, 4) is 0 Å². The number of amides is 1. The first kappa shape index (κ1) is 20.4. The maximum atomic E-state index is 13.2. The van der Waals surface area contributed by atoms with Crippen LogP contribution in [0.25, 0.3) is 0 Å². The zero-order valence-corrected chi connectivity index (χ0v) is 15.1. The number of carboxylic acid groups (broad SMARTS) is 1. The van der Waals surface area contributed by atoms with Gasteiger partial charge in [0.2, 0.25) is 5.91 Å². The molecule has 1 aromatic carbocycles. The minimum atomic E-state index is -0.750. The van der Waals surface area contributed by atoms with Gasteiger partial charge in [-0.25, -0.2) is 4.39 Å². The first-order valence-electron chi connectivity index (χ1n) is 9.38. The summed E-state index contributed by atoms with van der Waals surface area (Å²) >= 11 is 0. The van der Waals surface area contributed by atoms with Crippen molar-refractivity contribution in [1.29, 1.82) is 0 Å². The van der Waals surface area contributed by atoms with Crippen LogP contribution < -0.4 is 5.32 Å². The van der Waals surface area contributed by atoms with E-state index in [0.717, 1.165) is 31.2 Å². The molecule has 6 heteroatoms. The predicted molar refractivity (Wildman–Crippen MR) is 96.5 cm³/mol. The lowest BCUT2D eigenvalue weighted by Gasteiger charge is -2.36. The van der Waals surface area contributed by atoms with Gasteiger partial charge in [-0.3, -0.25) is 9.59 Å². The smallest absolute Gasteiger partial charge is 0.303 e. The van der Waals surface area contributed by atoms with Gasteiger partial charge >= 0.3 is 5.97 Å². The van der Waals surface area contributed by atoms with Crippen molar-refractivity contribution in [3.63, 3.8) is 0 Å². The molecule has 1 aliphatic heterocycles. The fourth-order valence-electron chi connectivity index (χ4n) is 3.44. The summed E-state index contributed by atoms with van der Waals surface area (Å²) in [6.45, 7) is 1.64. The number of carbonyl (C=O) groups is 2. The van der Waals surface area contributed by atoms with Gasteiger partial charge in [-0.05, 0) is 43.4 Å². The number of halogens is 1. The van der Waals surface area contributed by atoms with E-state index < -0.39 is 11.4 Å². The second kappa shape index (κ2) is 10.3. The predicted octanol–water partition coefficient (Wildman–Crippen LogP) is 3.42. The van der Waals surface area contributed by atoms with Crippen molar-refractivity contribution >= 4 is 11.9 Å². The third kappa shape index (κ3) is 5.80. The number of ether oxygens (including phenoxy) is 1. The van der Waals surface area contributed by atoms with Gasteiger partial charge in [-0.2, -0.15) is 0 Å². The molecule has 0 bridgehead atoms. The van der Waals surface area contributed by atoms with Gasteiger partial charge in [0.25, 0.3) is 0 Å². The van der Waals surface area contributed by atoms with Crippen molar-refractivity contribution in [2.45, 2.75) is 56.8 Å². The molecule has 2 N–H and O–H groups in total. The SMILES string of the molecule is O=C(O)CCCCCCCNC(=O)C1(c2ccc(F)cc2)CCOCC1. The van der Waals surface area contributed by atoms with Crippen LogP contribution in [0.1, 0.15) is 56.9 Å². The molecule has 1 fully saturated rings. The maximum absolute atomic E-state index is 13.2. The van der Waals surface area contributed by atoms with Crippen LogP contribution in [-0.2, 0) is 19.7 Å². The molecule has 0 saturated carbocycles. The quantitative estimate of drug-likeness (QED) is 0.623. The maximum Gasteiger partial charge on any atom is 0.303 e. The van der Waals surface area contributed by atoms with Crippen molar-refractivity contribution in [2.75, 3.05) is 19.8 Å². The summed E-state index contributed by atoms with van der Waals surface area (Å²) in [7, 11) is 0. The van der Waals surface area contributed by atoms with E-state index in [2.05, 4.69) is 5.32 Å². The van der Waals surface area contributed by atoms with Crippen LogP contribution in [0.4, 0.5) is 4.39 Å². The molecule has 26 heavy (non-hydrogen) atoms. The molecule has 0 aliphatic carbocycles. The number of aliphatic carboxylic acids is 1. The summed E-state index contributed by atoms with van der Waals surface area (Å²) in [4.78, 5) is 23.3. The molecule has 1 saturated heterocycles. The minimum absolute atomic E-state index is 0.0155. The summed E-state index contributed by atoms with van der Waals surface area (Å²) in [6, 6.07) is 6.19.